The van der Waals surface area contributed by atoms with Crippen LogP contribution in [0.4, 0.5) is 5.82 Å². The van der Waals surface area contributed by atoms with Gasteiger partial charge < -0.3 is 11.1 Å². The van der Waals surface area contributed by atoms with Gasteiger partial charge in [-0.1, -0.05) is 25.7 Å². The van der Waals surface area contributed by atoms with Crippen LogP contribution >= 0.6 is 12.4 Å². The number of nitrogens with two attached hydrogens (primary N) is 1. The second-order valence-corrected chi connectivity index (χ2v) is 5.96. The summed E-state index contributed by atoms with van der Waals surface area (Å²) in [6.07, 6.45) is 8.85. The molecule has 0 bridgehead atoms. The van der Waals surface area contributed by atoms with Crippen LogP contribution < -0.4 is 11.1 Å². The molecule has 6 heteroatoms. The molecule has 0 spiro atoms. The van der Waals surface area contributed by atoms with Crippen LogP contribution in [0.1, 0.15) is 69.9 Å². The van der Waals surface area contributed by atoms with Gasteiger partial charge in [-0.25, -0.2) is 0 Å². The van der Waals surface area contributed by atoms with Gasteiger partial charge in [0, 0.05) is 30.1 Å². The van der Waals surface area contributed by atoms with Crippen LogP contribution in [0.3, 0.4) is 0 Å². The van der Waals surface area contributed by atoms with Crippen molar-refractivity contribution in [1.82, 2.24) is 10.2 Å². The number of carbonyl (C=O) groups excluding carboxylic acids is 1. The zero-order chi connectivity index (χ0) is 14.4. The van der Waals surface area contributed by atoms with Gasteiger partial charge in [0.2, 0.25) is 5.91 Å². The summed E-state index contributed by atoms with van der Waals surface area (Å²) in [6.45, 7) is 1.91. The number of aromatic nitrogens is 2. The first-order valence-electron chi connectivity index (χ1n) is 7.76. The third-order valence-electron chi connectivity index (χ3n) is 3.99. The minimum atomic E-state index is -0.0128. The third kappa shape index (κ3) is 6.06. The normalized spacial score (nSPS) is 17.6. The molecule has 1 aromatic rings. The summed E-state index contributed by atoms with van der Waals surface area (Å²) in [7, 11) is 0. The lowest BCUT2D eigenvalue weighted by Crippen LogP contribution is -2.19. The van der Waals surface area contributed by atoms with E-state index in [0.29, 0.717) is 24.6 Å². The van der Waals surface area contributed by atoms with Gasteiger partial charge in [0.1, 0.15) is 0 Å². The molecule has 1 aliphatic rings. The molecule has 1 heterocycles. The Labute approximate surface area is 132 Å². The topological polar surface area (TPSA) is 83.8 Å². The Morgan fingerprint density at radius 3 is 2.71 bits per heavy atom. The van der Waals surface area contributed by atoms with E-state index in [4.69, 9.17) is 5.73 Å². The SMILES string of the molecule is CC(N)CCC(=O)Nc1cc(C2CCCCCC2)[nH]n1.Cl. The van der Waals surface area contributed by atoms with E-state index >= 15 is 0 Å². The lowest BCUT2D eigenvalue weighted by molar-refractivity contribution is -0.116. The van der Waals surface area contributed by atoms with Crippen LogP contribution in [0.2, 0.25) is 0 Å². The van der Waals surface area contributed by atoms with E-state index in [1.807, 2.05) is 13.0 Å². The lowest BCUT2D eigenvalue weighted by Gasteiger charge is -2.10. The maximum atomic E-state index is 11.7. The molecule has 4 N–H and O–H groups in total. The number of nitrogens with one attached hydrogen (secondary N) is 2. The number of halogens is 1. The molecule has 2 rings (SSSR count). The molecule has 1 unspecified atom stereocenters. The number of hydrogen-bond donors (Lipinski definition) is 3. The van der Waals surface area contributed by atoms with E-state index in [1.54, 1.807) is 0 Å². The van der Waals surface area contributed by atoms with E-state index in [0.717, 1.165) is 5.69 Å². The summed E-state index contributed by atoms with van der Waals surface area (Å²) in [5.41, 5.74) is 6.81. The Morgan fingerprint density at radius 2 is 2.10 bits per heavy atom. The van der Waals surface area contributed by atoms with E-state index in [-0.39, 0.29) is 24.4 Å². The monoisotopic (exact) mass is 314 g/mol. The minimum Gasteiger partial charge on any atom is -0.328 e. The fraction of sp³-hybridized carbons (Fsp3) is 0.733. The maximum absolute atomic E-state index is 11.7. The van der Waals surface area contributed by atoms with Crippen molar-refractivity contribution in [3.8, 4) is 0 Å². The highest BCUT2D eigenvalue weighted by Crippen LogP contribution is 2.31. The minimum absolute atomic E-state index is 0. The van der Waals surface area contributed by atoms with Crippen LogP contribution in [0.5, 0.6) is 0 Å². The van der Waals surface area contributed by atoms with Crippen molar-refractivity contribution < 1.29 is 4.79 Å². The number of hydrogen-bond acceptors (Lipinski definition) is 3. The first-order chi connectivity index (χ1) is 9.65. The van der Waals surface area contributed by atoms with Gasteiger partial charge in [0.25, 0.3) is 0 Å². The maximum Gasteiger partial charge on any atom is 0.225 e. The predicted molar refractivity (Wildman–Crippen MR) is 87.8 cm³/mol. The summed E-state index contributed by atoms with van der Waals surface area (Å²) in [5, 5.41) is 10.1. The molecule has 0 saturated heterocycles. The molecule has 120 valence electrons. The highest BCUT2D eigenvalue weighted by Gasteiger charge is 2.17. The van der Waals surface area contributed by atoms with Crippen LogP contribution in [0, 0.1) is 0 Å². The molecule has 0 radical (unpaired) electrons. The van der Waals surface area contributed by atoms with Crippen LogP contribution in [-0.4, -0.2) is 22.1 Å². The van der Waals surface area contributed by atoms with Crippen molar-refractivity contribution >= 4 is 24.1 Å². The van der Waals surface area contributed by atoms with E-state index < -0.39 is 0 Å². The summed E-state index contributed by atoms with van der Waals surface area (Å²) in [4.78, 5) is 11.7. The molecule has 21 heavy (non-hydrogen) atoms. The quantitative estimate of drug-likeness (QED) is 0.729. The van der Waals surface area contributed by atoms with Gasteiger partial charge in [0.05, 0.1) is 0 Å². The average Bonchev–Trinajstić information content (AvgIpc) is 2.70. The standard InChI is InChI=1S/C15H26N4O.ClH/c1-11(16)8-9-15(20)17-14-10-13(18-19-14)12-6-4-2-3-5-7-12;/h10-12H,2-9,16H2,1H3,(H2,17,18,19,20);1H. The molecule has 0 aromatic carbocycles. The van der Waals surface area contributed by atoms with Crippen molar-refractivity contribution in [3.63, 3.8) is 0 Å². The summed E-state index contributed by atoms with van der Waals surface area (Å²) < 4.78 is 0. The molecule has 5 nitrogen and oxygen atoms in total. The van der Waals surface area contributed by atoms with Crippen molar-refractivity contribution in [3.05, 3.63) is 11.8 Å². The molecule has 0 aliphatic heterocycles. The molecule has 1 aliphatic carbocycles. The Morgan fingerprint density at radius 1 is 1.43 bits per heavy atom. The highest BCUT2D eigenvalue weighted by atomic mass is 35.5. The Bertz CT molecular complexity index is 425. The second kappa shape index (κ2) is 9.05. The van der Waals surface area contributed by atoms with Gasteiger partial charge in [-0.3, -0.25) is 9.89 Å². The predicted octanol–water partition coefficient (Wildman–Crippen LogP) is 3.34. The van der Waals surface area contributed by atoms with Gasteiger partial charge >= 0.3 is 0 Å². The molecule has 1 saturated carbocycles. The largest absolute Gasteiger partial charge is 0.328 e. The van der Waals surface area contributed by atoms with Gasteiger partial charge in [-0.15, -0.1) is 12.4 Å². The van der Waals surface area contributed by atoms with Crippen molar-refractivity contribution in [1.29, 1.82) is 0 Å². The Hall–Kier alpha value is -1.07. The van der Waals surface area contributed by atoms with Crippen LogP contribution in [0.25, 0.3) is 0 Å². The van der Waals surface area contributed by atoms with E-state index in [9.17, 15) is 4.79 Å². The molecule has 1 amide bonds. The van der Waals surface area contributed by atoms with Crippen molar-refractivity contribution in [2.75, 3.05) is 5.32 Å². The number of H-pyrrole nitrogens is 1. The fourth-order valence-corrected chi connectivity index (χ4v) is 2.76. The lowest BCUT2D eigenvalue weighted by atomic mass is 9.97. The zero-order valence-electron chi connectivity index (χ0n) is 12.7. The fourth-order valence-electron chi connectivity index (χ4n) is 2.76. The molecule has 1 fully saturated rings. The molecule has 1 aromatic heterocycles. The second-order valence-electron chi connectivity index (χ2n) is 5.96. The van der Waals surface area contributed by atoms with Crippen LogP contribution in [-0.2, 0) is 4.79 Å². The average molecular weight is 315 g/mol. The van der Waals surface area contributed by atoms with E-state index in [2.05, 4.69) is 15.5 Å². The first-order valence-corrected chi connectivity index (χ1v) is 7.76. The number of amides is 1. The molecule has 1 atom stereocenters. The summed E-state index contributed by atoms with van der Waals surface area (Å²) in [6, 6.07) is 2.04. The number of rotatable bonds is 5. The number of anilines is 1. The van der Waals surface area contributed by atoms with E-state index in [1.165, 1.54) is 38.5 Å². The number of nitrogens with zero attached hydrogens (tertiary/aromatic N) is 1. The van der Waals surface area contributed by atoms with Crippen LogP contribution in [0.15, 0.2) is 6.07 Å². The molecular weight excluding hydrogens is 288 g/mol. The zero-order valence-corrected chi connectivity index (χ0v) is 13.5. The van der Waals surface area contributed by atoms with Crippen molar-refractivity contribution in [2.45, 2.75) is 70.3 Å². The first kappa shape index (κ1) is 18.0. The van der Waals surface area contributed by atoms with Gasteiger partial charge in [-0.2, -0.15) is 5.10 Å². The van der Waals surface area contributed by atoms with Gasteiger partial charge in [-0.05, 0) is 26.2 Å². The van der Waals surface area contributed by atoms with Crippen molar-refractivity contribution in [2.24, 2.45) is 5.73 Å². The van der Waals surface area contributed by atoms with Gasteiger partial charge in [0.15, 0.2) is 5.82 Å². The Kier molecular flexibility index (Phi) is 7.75. The third-order valence-corrected chi connectivity index (χ3v) is 3.99. The number of carbonyl (C=O) groups is 1. The smallest absolute Gasteiger partial charge is 0.225 e. The Balaban J connectivity index is 0.00000220. The highest BCUT2D eigenvalue weighted by molar-refractivity contribution is 5.89. The summed E-state index contributed by atoms with van der Waals surface area (Å²) >= 11 is 0. The summed E-state index contributed by atoms with van der Waals surface area (Å²) in [5.74, 6) is 1.19. The number of aromatic amines is 1. The molecular formula is C15H27ClN4O.